The standard InChI is InChI=1S/C23H26N4O3/c1-13(2)27-14(3)9-18(15(27)4)21(28)12-26-22(29)20(25-23(26)30)10-16-11-24-19-8-6-5-7-17(16)19/h5-9,11,13,20,24H,10,12H2,1-4H3,(H,25,30)/t20-/m0/s1. The van der Waals surface area contributed by atoms with Crippen molar-refractivity contribution < 1.29 is 14.4 Å². The second-order valence-corrected chi connectivity index (χ2v) is 8.16. The molecule has 3 heterocycles. The number of benzene rings is 1. The minimum Gasteiger partial charge on any atom is -0.361 e. The fraction of sp³-hybridized carbons (Fsp3) is 0.348. The van der Waals surface area contributed by atoms with E-state index in [0.717, 1.165) is 32.8 Å². The normalized spacial score (nSPS) is 16.7. The Labute approximate surface area is 175 Å². The number of hydrogen-bond donors (Lipinski definition) is 2. The van der Waals surface area contributed by atoms with Crippen molar-refractivity contribution in [3.8, 4) is 0 Å². The second-order valence-electron chi connectivity index (χ2n) is 8.16. The van der Waals surface area contributed by atoms with Gasteiger partial charge in [-0.25, -0.2) is 4.79 Å². The molecule has 2 N–H and O–H groups in total. The highest BCUT2D eigenvalue weighted by atomic mass is 16.2. The van der Waals surface area contributed by atoms with Gasteiger partial charge in [0, 0.05) is 46.5 Å². The lowest BCUT2D eigenvalue weighted by molar-refractivity contribution is -0.127. The Bertz CT molecular complexity index is 1150. The average Bonchev–Trinajstić information content (AvgIpc) is 3.32. The summed E-state index contributed by atoms with van der Waals surface area (Å²) in [7, 11) is 0. The minimum absolute atomic E-state index is 0.226. The molecule has 4 rings (SSSR count). The number of aromatic nitrogens is 2. The van der Waals surface area contributed by atoms with Crippen molar-refractivity contribution in [2.24, 2.45) is 0 Å². The number of H-pyrrole nitrogens is 1. The molecule has 1 aliphatic rings. The molecular weight excluding hydrogens is 380 g/mol. The lowest BCUT2D eigenvalue weighted by atomic mass is 10.0. The number of nitrogens with zero attached hydrogens (tertiary/aromatic N) is 2. The van der Waals surface area contributed by atoms with Crippen LogP contribution in [0.1, 0.15) is 47.2 Å². The Hall–Kier alpha value is -3.35. The van der Waals surface area contributed by atoms with E-state index in [1.54, 1.807) is 0 Å². The molecule has 156 valence electrons. The fourth-order valence-electron chi connectivity index (χ4n) is 4.47. The van der Waals surface area contributed by atoms with Crippen LogP contribution in [-0.4, -0.2) is 44.8 Å². The quantitative estimate of drug-likeness (QED) is 0.485. The van der Waals surface area contributed by atoms with Gasteiger partial charge in [-0.15, -0.1) is 0 Å². The largest absolute Gasteiger partial charge is 0.361 e. The summed E-state index contributed by atoms with van der Waals surface area (Å²) in [5.74, 6) is -0.595. The Morgan fingerprint density at radius 2 is 1.90 bits per heavy atom. The number of rotatable bonds is 6. The lowest BCUT2D eigenvalue weighted by Gasteiger charge is -2.15. The van der Waals surface area contributed by atoms with E-state index in [4.69, 9.17) is 0 Å². The molecule has 0 unspecified atom stereocenters. The van der Waals surface area contributed by atoms with Crippen molar-refractivity contribution in [1.82, 2.24) is 19.8 Å². The summed E-state index contributed by atoms with van der Waals surface area (Å²) in [5, 5.41) is 3.75. The first-order valence-electron chi connectivity index (χ1n) is 10.2. The SMILES string of the molecule is Cc1cc(C(=O)CN2C(=O)N[C@@H](Cc3c[nH]c4ccccc34)C2=O)c(C)n1C(C)C. The van der Waals surface area contributed by atoms with E-state index in [0.29, 0.717) is 12.0 Å². The van der Waals surface area contributed by atoms with Gasteiger partial charge in [0.05, 0.1) is 6.54 Å². The van der Waals surface area contributed by atoms with E-state index < -0.39 is 12.1 Å². The summed E-state index contributed by atoms with van der Waals surface area (Å²) in [4.78, 5) is 42.5. The van der Waals surface area contributed by atoms with Crippen LogP contribution in [0, 0.1) is 13.8 Å². The van der Waals surface area contributed by atoms with E-state index >= 15 is 0 Å². The van der Waals surface area contributed by atoms with Crippen LogP contribution in [0.3, 0.4) is 0 Å². The molecule has 0 radical (unpaired) electrons. The van der Waals surface area contributed by atoms with Crippen LogP contribution in [0.2, 0.25) is 0 Å². The zero-order valence-electron chi connectivity index (χ0n) is 17.7. The molecule has 30 heavy (non-hydrogen) atoms. The number of para-hydroxylation sites is 1. The fourth-order valence-corrected chi connectivity index (χ4v) is 4.47. The highest BCUT2D eigenvalue weighted by Gasteiger charge is 2.39. The molecule has 1 fully saturated rings. The molecule has 1 saturated heterocycles. The molecule has 0 saturated carbocycles. The highest BCUT2D eigenvalue weighted by molar-refractivity contribution is 6.09. The molecule has 0 aliphatic carbocycles. The van der Waals surface area contributed by atoms with Crippen molar-refractivity contribution >= 4 is 28.6 Å². The van der Waals surface area contributed by atoms with Gasteiger partial charge in [0.1, 0.15) is 6.04 Å². The number of fused-ring (bicyclic) bond motifs is 1. The Morgan fingerprint density at radius 1 is 1.17 bits per heavy atom. The van der Waals surface area contributed by atoms with Gasteiger partial charge in [0.2, 0.25) is 0 Å². The first-order valence-corrected chi connectivity index (χ1v) is 10.2. The molecule has 1 aliphatic heterocycles. The predicted molar refractivity (Wildman–Crippen MR) is 115 cm³/mol. The van der Waals surface area contributed by atoms with Crippen LogP contribution in [-0.2, 0) is 11.2 Å². The van der Waals surface area contributed by atoms with Gasteiger partial charge in [-0.3, -0.25) is 14.5 Å². The maximum Gasteiger partial charge on any atom is 0.325 e. The number of hydrogen-bond acceptors (Lipinski definition) is 3. The van der Waals surface area contributed by atoms with E-state index in [9.17, 15) is 14.4 Å². The first kappa shape index (κ1) is 19.9. The summed E-state index contributed by atoms with van der Waals surface area (Å²) < 4.78 is 2.08. The van der Waals surface area contributed by atoms with Gasteiger partial charge in [0.25, 0.3) is 5.91 Å². The van der Waals surface area contributed by atoms with Gasteiger partial charge in [-0.05, 0) is 45.4 Å². The molecule has 1 aromatic carbocycles. The Morgan fingerprint density at radius 3 is 2.60 bits per heavy atom. The van der Waals surface area contributed by atoms with Crippen molar-refractivity contribution in [1.29, 1.82) is 0 Å². The third-order valence-corrected chi connectivity index (χ3v) is 5.81. The van der Waals surface area contributed by atoms with Gasteiger partial charge in [-0.1, -0.05) is 18.2 Å². The molecule has 1 atom stereocenters. The predicted octanol–water partition coefficient (Wildman–Crippen LogP) is 3.51. The Kier molecular flexibility index (Phi) is 4.97. The van der Waals surface area contributed by atoms with Crippen molar-refractivity contribution in [2.45, 2.75) is 46.2 Å². The monoisotopic (exact) mass is 406 g/mol. The lowest BCUT2D eigenvalue weighted by Crippen LogP contribution is -2.36. The summed E-state index contributed by atoms with van der Waals surface area (Å²) in [5.41, 5.74) is 4.34. The van der Waals surface area contributed by atoms with Crippen molar-refractivity contribution in [2.75, 3.05) is 6.54 Å². The third kappa shape index (κ3) is 3.30. The van der Waals surface area contributed by atoms with Gasteiger partial charge in [-0.2, -0.15) is 0 Å². The van der Waals surface area contributed by atoms with E-state index in [2.05, 4.69) is 28.7 Å². The van der Waals surface area contributed by atoms with Crippen LogP contribution >= 0.6 is 0 Å². The van der Waals surface area contributed by atoms with Crippen LogP contribution in [0.15, 0.2) is 36.5 Å². The number of ketones is 1. The molecule has 0 bridgehead atoms. The number of imide groups is 1. The smallest absolute Gasteiger partial charge is 0.325 e. The number of carbonyl (C=O) groups excluding carboxylic acids is 3. The van der Waals surface area contributed by atoms with E-state index in [-0.39, 0.29) is 24.3 Å². The molecule has 2 aromatic heterocycles. The molecular formula is C23H26N4O3. The number of amides is 3. The number of nitrogens with one attached hydrogen (secondary N) is 2. The highest BCUT2D eigenvalue weighted by Crippen LogP contribution is 2.23. The summed E-state index contributed by atoms with van der Waals surface area (Å²) in [6.07, 6.45) is 2.24. The van der Waals surface area contributed by atoms with Crippen LogP contribution in [0.25, 0.3) is 10.9 Å². The van der Waals surface area contributed by atoms with Gasteiger partial charge < -0.3 is 14.9 Å². The van der Waals surface area contributed by atoms with Crippen LogP contribution < -0.4 is 5.32 Å². The van der Waals surface area contributed by atoms with Crippen LogP contribution in [0.5, 0.6) is 0 Å². The molecule has 3 aromatic rings. The van der Waals surface area contributed by atoms with E-state index in [1.807, 2.05) is 50.4 Å². The van der Waals surface area contributed by atoms with E-state index in [1.165, 1.54) is 0 Å². The second kappa shape index (κ2) is 7.48. The summed E-state index contributed by atoms with van der Waals surface area (Å²) in [6.45, 7) is 7.71. The number of Topliss-reactive ketones (excluding diaryl/α,β-unsaturated/α-hetero) is 1. The number of urea groups is 1. The van der Waals surface area contributed by atoms with Crippen molar-refractivity contribution in [3.05, 3.63) is 59.0 Å². The summed E-state index contributed by atoms with van der Waals surface area (Å²) in [6, 6.07) is 8.69. The molecule has 3 amide bonds. The number of aromatic amines is 1. The van der Waals surface area contributed by atoms with Crippen LogP contribution in [0.4, 0.5) is 4.79 Å². The maximum absolute atomic E-state index is 12.9. The Balaban J connectivity index is 1.51. The zero-order chi connectivity index (χ0) is 21.6. The average molecular weight is 406 g/mol. The number of aryl methyl sites for hydroxylation is 1. The topological polar surface area (TPSA) is 87.2 Å². The molecule has 0 spiro atoms. The van der Waals surface area contributed by atoms with Crippen molar-refractivity contribution in [3.63, 3.8) is 0 Å². The zero-order valence-corrected chi connectivity index (χ0v) is 17.7. The van der Waals surface area contributed by atoms with Gasteiger partial charge >= 0.3 is 6.03 Å². The number of carbonyl (C=O) groups is 3. The minimum atomic E-state index is -0.674. The first-order chi connectivity index (χ1) is 14.3. The third-order valence-electron chi connectivity index (χ3n) is 5.81. The molecule has 7 heteroatoms. The summed E-state index contributed by atoms with van der Waals surface area (Å²) >= 11 is 0. The maximum atomic E-state index is 12.9. The molecule has 7 nitrogen and oxygen atoms in total. The van der Waals surface area contributed by atoms with Gasteiger partial charge in [0.15, 0.2) is 5.78 Å².